The van der Waals surface area contributed by atoms with Gasteiger partial charge < -0.3 is 15.4 Å². The van der Waals surface area contributed by atoms with Crippen molar-refractivity contribution >= 4 is 55.8 Å². The van der Waals surface area contributed by atoms with Gasteiger partial charge in [-0.15, -0.1) is 0 Å². The number of methoxy groups -OCH3 is 1. The Balaban J connectivity index is 1.47. The third-order valence-electron chi connectivity index (χ3n) is 4.86. The summed E-state index contributed by atoms with van der Waals surface area (Å²) in [6, 6.07) is 18.0. The molecule has 2 amide bonds. The molecule has 0 radical (unpaired) electrons. The first-order valence-corrected chi connectivity index (χ1v) is 11.0. The predicted octanol–water partition coefficient (Wildman–Crippen LogP) is 5.70. The number of nitrogens with zero attached hydrogens (tertiary/aromatic N) is 1. The van der Waals surface area contributed by atoms with Crippen LogP contribution in [0.25, 0.3) is 10.2 Å². The molecule has 0 aliphatic rings. The molecule has 1 heterocycles. The van der Waals surface area contributed by atoms with Gasteiger partial charge in [-0.3, -0.25) is 9.59 Å². The number of fused-ring (bicyclic) bond motifs is 1. The smallest absolute Gasteiger partial charge is 0.255 e. The van der Waals surface area contributed by atoms with E-state index in [9.17, 15) is 9.59 Å². The van der Waals surface area contributed by atoms with Gasteiger partial charge in [-0.05, 0) is 54.4 Å². The summed E-state index contributed by atoms with van der Waals surface area (Å²) < 4.78 is 5.99. The molecule has 0 spiro atoms. The van der Waals surface area contributed by atoms with Crippen LogP contribution in [0.15, 0.2) is 60.7 Å². The summed E-state index contributed by atoms with van der Waals surface area (Å²) in [5.74, 6) is 0.262. The zero-order chi connectivity index (χ0) is 22.7. The van der Waals surface area contributed by atoms with Gasteiger partial charge in [0.15, 0.2) is 5.13 Å². The van der Waals surface area contributed by atoms with Crippen LogP contribution in [0.2, 0.25) is 5.02 Å². The molecule has 162 valence electrons. The van der Waals surface area contributed by atoms with Gasteiger partial charge in [-0.2, -0.15) is 0 Å². The standard InChI is InChI=1S/C24H20ClN3O3S/c1-14-5-3-8-18(25)22(14)28-23(30)16-9-10-19-20(13-16)32-24(26-19)27-21(29)12-15-6-4-7-17(11-15)31-2/h3-11,13H,12H2,1-2H3,(H,28,30)(H,26,27,29). The quantitative estimate of drug-likeness (QED) is 0.382. The molecule has 6 nitrogen and oxygen atoms in total. The Kier molecular flexibility index (Phi) is 6.39. The van der Waals surface area contributed by atoms with Gasteiger partial charge in [-0.25, -0.2) is 4.98 Å². The van der Waals surface area contributed by atoms with Crippen molar-refractivity contribution in [2.75, 3.05) is 17.7 Å². The number of aryl methyl sites for hydroxylation is 1. The van der Waals surface area contributed by atoms with E-state index in [2.05, 4.69) is 15.6 Å². The fourth-order valence-corrected chi connectivity index (χ4v) is 4.42. The van der Waals surface area contributed by atoms with E-state index in [0.29, 0.717) is 32.7 Å². The topological polar surface area (TPSA) is 80.3 Å². The highest BCUT2D eigenvalue weighted by Crippen LogP contribution is 2.29. The molecule has 4 aromatic rings. The van der Waals surface area contributed by atoms with Crippen LogP contribution in [0.4, 0.5) is 10.8 Å². The maximum absolute atomic E-state index is 12.7. The minimum Gasteiger partial charge on any atom is -0.497 e. The highest BCUT2D eigenvalue weighted by atomic mass is 35.5. The molecule has 0 unspecified atom stereocenters. The van der Waals surface area contributed by atoms with Crippen LogP contribution in [0.1, 0.15) is 21.5 Å². The third kappa shape index (κ3) is 4.90. The zero-order valence-electron chi connectivity index (χ0n) is 17.4. The largest absolute Gasteiger partial charge is 0.497 e. The average Bonchev–Trinajstić information content (AvgIpc) is 3.17. The molecule has 0 saturated heterocycles. The first kappa shape index (κ1) is 21.8. The molecule has 0 bridgehead atoms. The third-order valence-corrected chi connectivity index (χ3v) is 6.10. The molecule has 8 heteroatoms. The summed E-state index contributed by atoms with van der Waals surface area (Å²) in [7, 11) is 1.59. The SMILES string of the molecule is COc1cccc(CC(=O)Nc2nc3ccc(C(=O)Nc4c(C)cccc4Cl)cc3s2)c1. The number of ether oxygens (including phenoxy) is 1. The minimum absolute atomic E-state index is 0.176. The van der Waals surface area contributed by atoms with Crippen LogP contribution in [0.5, 0.6) is 5.75 Å². The molecule has 4 rings (SSSR count). The number of aromatic nitrogens is 1. The van der Waals surface area contributed by atoms with Gasteiger partial charge in [0, 0.05) is 5.56 Å². The maximum Gasteiger partial charge on any atom is 0.255 e. The Hall–Kier alpha value is -3.42. The van der Waals surface area contributed by atoms with Crippen LogP contribution in [0, 0.1) is 6.92 Å². The van der Waals surface area contributed by atoms with Gasteiger partial charge in [0.25, 0.3) is 5.91 Å². The monoisotopic (exact) mass is 465 g/mol. The van der Waals surface area contributed by atoms with Crippen LogP contribution in [-0.4, -0.2) is 23.9 Å². The normalized spacial score (nSPS) is 10.7. The van der Waals surface area contributed by atoms with E-state index in [1.165, 1.54) is 11.3 Å². The van der Waals surface area contributed by atoms with Gasteiger partial charge in [-0.1, -0.05) is 47.2 Å². The van der Waals surface area contributed by atoms with E-state index >= 15 is 0 Å². The van der Waals surface area contributed by atoms with Crippen molar-refractivity contribution in [3.05, 3.63) is 82.4 Å². The molecule has 0 atom stereocenters. The van der Waals surface area contributed by atoms with Gasteiger partial charge in [0.1, 0.15) is 5.75 Å². The fraction of sp³-hybridized carbons (Fsp3) is 0.125. The van der Waals surface area contributed by atoms with E-state index in [1.54, 1.807) is 31.4 Å². The number of benzene rings is 3. The van der Waals surface area contributed by atoms with Gasteiger partial charge in [0.05, 0.1) is 34.5 Å². The first-order valence-electron chi connectivity index (χ1n) is 9.83. The molecule has 32 heavy (non-hydrogen) atoms. The molecule has 0 saturated carbocycles. The number of para-hydroxylation sites is 1. The van der Waals surface area contributed by atoms with Gasteiger partial charge >= 0.3 is 0 Å². The number of nitrogens with one attached hydrogen (secondary N) is 2. The number of halogens is 1. The molecule has 0 fully saturated rings. The number of thiazole rings is 1. The summed E-state index contributed by atoms with van der Waals surface area (Å²) >= 11 is 7.53. The molecular formula is C24H20ClN3O3S. The fourth-order valence-electron chi connectivity index (χ4n) is 3.23. The summed E-state index contributed by atoms with van der Waals surface area (Å²) in [5.41, 5.74) is 3.50. The number of carbonyl (C=O) groups excluding carboxylic acids is 2. The second-order valence-corrected chi connectivity index (χ2v) is 8.60. The summed E-state index contributed by atoms with van der Waals surface area (Å²) in [6.07, 6.45) is 0.206. The number of carbonyl (C=O) groups is 2. The van der Waals surface area contributed by atoms with Crippen molar-refractivity contribution < 1.29 is 14.3 Å². The summed E-state index contributed by atoms with van der Waals surface area (Å²) in [6.45, 7) is 1.88. The number of hydrogen-bond donors (Lipinski definition) is 2. The van der Waals surface area contributed by atoms with E-state index in [4.69, 9.17) is 16.3 Å². The molecule has 2 N–H and O–H groups in total. The van der Waals surface area contributed by atoms with Crippen molar-refractivity contribution in [1.29, 1.82) is 0 Å². The number of rotatable bonds is 6. The highest BCUT2D eigenvalue weighted by molar-refractivity contribution is 7.22. The number of hydrogen-bond acceptors (Lipinski definition) is 5. The van der Waals surface area contributed by atoms with Crippen LogP contribution >= 0.6 is 22.9 Å². The molecule has 0 aliphatic heterocycles. The van der Waals surface area contributed by atoms with Crippen molar-refractivity contribution in [2.24, 2.45) is 0 Å². The second kappa shape index (κ2) is 9.38. The predicted molar refractivity (Wildman–Crippen MR) is 129 cm³/mol. The van der Waals surface area contributed by atoms with Crippen molar-refractivity contribution in [3.8, 4) is 5.75 Å². The van der Waals surface area contributed by atoms with Crippen molar-refractivity contribution in [1.82, 2.24) is 4.98 Å². The van der Waals surface area contributed by atoms with Crippen molar-refractivity contribution in [2.45, 2.75) is 13.3 Å². The minimum atomic E-state index is -0.264. The van der Waals surface area contributed by atoms with Crippen LogP contribution < -0.4 is 15.4 Å². The van der Waals surface area contributed by atoms with E-state index < -0.39 is 0 Å². The van der Waals surface area contributed by atoms with E-state index in [-0.39, 0.29) is 18.2 Å². The van der Waals surface area contributed by atoms with Crippen LogP contribution in [-0.2, 0) is 11.2 Å². The first-order chi connectivity index (χ1) is 15.4. The Bertz CT molecular complexity index is 1300. The van der Waals surface area contributed by atoms with E-state index in [1.807, 2.05) is 43.3 Å². The lowest BCUT2D eigenvalue weighted by molar-refractivity contribution is -0.115. The lowest BCUT2D eigenvalue weighted by Gasteiger charge is -2.10. The number of anilines is 2. The molecule has 1 aromatic heterocycles. The Morgan fingerprint density at radius 2 is 1.88 bits per heavy atom. The molecule has 3 aromatic carbocycles. The maximum atomic E-state index is 12.7. The summed E-state index contributed by atoms with van der Waals surface area (Å²) in [5, 5.41) is 6.66. The van der Waals surface area contributed by atoms with Crippen molar-refractivity contribution in [3.63, 3.8) is 0 Å². The zero-order valence-corrected chi connectivity index (χ0v) is 19.0. The lowest BCUT2D eigenvalue weighted by atomic mass is 10.1. The Labute approximate surface area is 194 Å². The van der Waals surface area contributed by atoms with E-state index in [0.717, 1.165) is 15.8 Å². The second-order valence-electron chi connectivity index (χ2n) is 7.16. The lowest BCUT2D eigenvalue weighted by Crippen LogP contribution is -2.14. The highest BCUT2D eigenvalue weighted by Gasteiger charge is 2.14. The Morgan fingerprint density at radius 3 is 2.66 bits per heavy atom. The number of amides is 2. The molecular weight excluding hydrogens is 446 g/mol. The average molecular weight is 466 g/mol. The molecule has 0 aliphatic carbocycles. The van der Waals surface area contributed by atoms with Gasteiger partial charge in [0.2, 0.25) is 5.91 Å². The van der Waals surface area contributed by atoms with Crippen LogP contribution in [0.3, 0.4) is 0 Å². The summed E-state index contributed by atoms with van der Waals surface area (Å²) in [4.78, 5) is 29.6. The Morgan fingerprint density at radius 1 is 1.06 bits per heavy atom.